The van der Waals surface area contributed by atoms with E-state index in [0.717, 1.165) is 6.07 Å². The van der Waals surface area contributed by atoms with Gasteiger partial charge < -0.3 is 21.0 Å². The Morgan fingerprint density at radius 1 is 1.92 bits per heavy atom. The second-order valence-corrected chi connectivity index (χ2v) is 2.87. The number of aromatic nitrogens is 2. The first-order chi connectivity index (χ1) is 5.97. The summed E-state index contributed by atoms with van der Waals surface area (Å²) >= 11 is 0. The maximum absolute atomic E-state index is 10.3. The number of nitrogens with zero attached hydrogens (tertiary/aromatic N) is 2. The summed E-state index contributed by atoms with van der Waals surface area (Å²) in [4.78, 5) is 9.63. The summed E-state index contributed by atoms with van der Waals surface area (Å²) in [5.41, 5.74) is 4.09. The van der Waals surface area contributed by atoms with Gasteiger partial charge in [0.1, 0.15) is 11.3 Å². The molecule has 1 aromatic heterocycles. The van der Waals surface area contributed by atoms with Crippen molar-refractivity contribution in [3.63, 3.8) is 0 Å². The Hall–Kier alpha value is -1.47. The summed E-state index contributed by atoms with van der Waals surface area (Å²) < 4.78 is 0. The number of aliphatic hydroxyl groups is 1. The molecular weight excluding hydrogens is 176 g/mol. The second-order valence-electron chi connectivity index (χ2n) is 2.87. The molecule has 72 valence electrons. The maximum Gasteiger partial charge on any atom is 0.342 e. The normalized spacial score (nSPS) is 15.3. The fourth-order valence-corrected chi connectivity index (χ4v) is 0.786. The van der Waals surface area contributed by atoms with E-state index in [9.17, 15) is 15.2 Å². The van der Waals surface area contributed by atoms with Gasteiger partial charge in [0, 0.05) is 6.54 Å². The minimum absolute atomic E-state index is 0.0466. The predicted molar refractivity (Wildman–Crippen MR) is 43.9 cm³/mol. The van der Waals surface area contributed by atoms with Crippen molar-refractivity contribution in [3.05, 3.63) is 21.9 Å². The number of H-pyrrole nitrogens is 1. The Labute approximate surface area is 73.7 Å². The smallest absolute Gasteiger partial charge is 0.342 e. The molecule has 0 aliphatic heterocycles. The van der Waals surface area contributed by atoms with E-state index in [2.05, 4.69) is 10.2 Å². The average molecular weight is 186 g/mol. The van der Waals surface area contributed by atoms with Crippen LogP contribution >= 0.6 is 0 Å². The number of nitro groups is 1. The molecule has 1 aromatic rings. The number of nitrogens with two attached hydrogens (primary N) is 1. The highest BCUT2D eigenvalue weighted by molar-refractivity contribution is 5.24. The van der Waals surface area contributed by atoms with E-state index in [1.807, 2.05) is 0 Å². The van der Waals surface area contributed by atoms with Gasteiger partial charge in [0.2, 0.25) is 0 Å². The van der Waals surface area contributed by atoms with Crippen molar-refractivity contribution in [1.29, 1.82) is 0 Å². The minimum Gasteiger partial charge on any atom is -0.382 e. The van der Waals surface area contributed by atoms with E-state index in [-0.39, 0.29) is 18.1 Å². The molecule has 1 unspecified atom stereocenters. The van der Waals surface area contributed by atoms with Crippen LogP contribution in [-0.2, 0) is 5.60 Å². The summed E-state index contributed by atoms with van der Waals surface area (Å²) in [6, 6.07) is 1.16. The largest absolute Gasteiger partial charge is 0.382 e. The van der Waals surface area contributed by atoms with E-state index in [1.165, 1.54) is 6.92 Å². The standard InChI is InChI=1S/C6H10N4O3/c1-6(11,3-7)4-2-5(9-8-4)10(12)13/h2,11H,3,7H2,1H3,(H,8,9). The van der Waals surface area contributed by atoms with E-state index in [0.29, 0.717) is 0 Å². The van der Waals surface area contributed by atoms with Crippen molar-refractivity contribution in [1.82, 2.24) is 10.2 Å². The van der Waals surface area contributed by atoms with Crippen LogP contribution < -0.4 is 5.73 Å². The highest BCUT2D eigenvalue weighted by atomic mass is 16.6. The van der Waals surface area contributed by atoms with E-state index in [4.69, 9.17) is 5.73 Å². The Kier molecular flexibility index (Phi) is 2.30. The van der Waals surface area contributed by atoms with Crippen molar-refractivity contribution < 1.29 is 10.0 Å². The number of hydrogen-bond donors (Lipinski definition) is 3. The lowest BCUT2D eigenvalue weighted by atomic mass is 10.0. The van der Waals surface area contributed by atoms with Gasteiger partial charge in [-0.25, -0.2) is 0 Å². The fraction of sp³-hybridized carbons (Fsp3) is 0.500. The van der Waals surface area contributed by atoms with Gasteiger partial charge in [0.05, 0.1) is 6.07 Å². The quantitative estimate of drug-likeness (QED) is 0.433. The third kappa shape index (κ3) is 1.82. The third-order valence-corrected chi connectivity index (χ3v) is 1.71. The average Bonchev–Trinajstić information content (AvgIpc) is 2.52. The molecule has 0 saturated heterocycles. The predicted octanol–water partition coefficient (Wildman–Crippen LogP) is -0.516. The molecule has 4 N–H and O–H groups in total. The van der Waals surface area contributed by atoms with Gasteiger partial charge in [0.15, 0.2) is 0 Å². The van der Waals surface area contributed by atoms with Gasteiger partial charge in [-0.2, -0.15) is 0 Å². The molecule has 1 rings (SSSR count). The van der Waals surface area contributed by atoms with Gasteiger partial charge in [-0.15, -0.1) is 5.10 Å². The van der Waals surface area contributed by atoms with Crippen molar-refractivity contribution >= 4 is 5.82 Å². The second kappa shape index (κ2) is 3.11. The third-order valence-electron chi connectivity index (χ3n) is 1.71. The molecule has 0 bridgehead atoms. The summed E-state index contributed by atoms with van der Waals surface area (Å²) in [7, 11) is 0. The zero-order chi connectivity index (χ0) is 10.1. The van der Waals surface area contributed by atoms with Gasteiger partial charge in [-0.05, 0) is 11.8 Å². The lowest BCUT2D eigenvalue weighted by Gasteiger charge is -2.16. The molecule has 1 heterocycles. The minimum atomic E-state index is -1.33. The Bertz CT molecular complexity index is 319. The van der Waals surface area contributed by atoms with Crippen molar-refractivity contribution in [2.24, 2.45) is 5.73 Å². The van der Waals surface area contributed by atoms with Crippen LogP contribution in [0.15, 0.2) is 6.07 Å². The van der Waals surface area contributed by atoms with Crippen molar-refractivity contribution in [2.45, 2.75) is 12.5 Å². The molecule has 0 spiro atoms. The van der Waals surface area contributed by atoms with Crippen LogP contribution in [0.3, 0.4) is 0 Å². The van der Waals surface area contributed by atoms with E-state index < -0.39 is 10.5 Å². The van der Waals surface area contributed by atoms with E-state index in [1.54, 1.807) is 0 Å². The molecule has 0 amide bonds. The molecule has 0 aliphatic rings. The van der Waals surface area contributed by atoms with Crippen LogP contribution in [-0.4, -0.2) is 26.8 Å². The van der Waals surface area contributed by atoms with Crippen LogP contribution in [0.2, 0.25) is 0 Å². The fourth-order valence-electron chi connectivity index (χ4n) is 0.786. The monoisotopic (exact) mass is 186 g/mol. The number of rotatable bonds is 3. The van der Waals surface area contributed by atoms with Gasteiger partial charge in [-0.3, -0.25) is 0 Å². The molecular formula is C6H10N4O3. The first-order valence-electron chi connectivity index (χ1n) is 3.60. The highest BCUT2D eigenvalue weighted by Gasteiger charge is 2.27. The number of hydrogen-bond acceptors (Lipinski definition) is 5. The van der Waals surface area contributed by atoms with E-state index >= 15 is 0 Å². The lowest BCUT2D eigenvalue weighted by Crippen LogP contribution is -2.31. The van der Waals surface area contributed by atoms with Crippen molar-refractivity contribution in [2.75, 3.05) is 6.54 Å². The van der Waals surface area contributed by atoms with Crippen LogP contribution in [0, 0.1) is 10.1 Å². The molecule has 0 fully saturated rings. The highest BCUT2D eigenvalue weighted by Crippen LogP contribution is 2.19. The Morgan fingerprint density at radius 3 is 2.92 bits per heavy atom. The zero-order valence-corrected chi connectivity index (χ0v) is 7.02. The summed E-state index contributed by atoms with van der Waals surface area (Å²) in [5, 5.41) is 25.6. The molecule has 7 nitrogen and oxygen atoms in total. The van der Waals surface area contributed by atoms with Gasteiger partial charge >= 0.3 is 5.82 Å². The summed E-state index contributed by atoms with van der Waals surface area (Å²) in [5.74, 6) is -0.260. The number of nitrogens with one attached hydrogen (secondary N) is 1. The van der Waals surface area contributed by atoms with Gasteiger partial charge in [0.25, 0.3) is 0 Å². The SMILES string of the molecule is CC(O)(CN)c1cc([N+](=O)[O-])[nH]n1. The maximum atomic E-state index is 10.3. The summed E-state index contributed by atoms with van der Waals surface area (Å²) in [6.07, 6.45) is 0. The number of aromatic amines is 1. The summed E-state index contributed by atoms with van der Waals surface area (Å²) in [6.45, 7) is 1.39. The molecule has 1 atom stereocenters. The van der Waals surface area contributed by atoms with Crippen molar-refractivity contribution in [3.8, 4) is 0 Å². The molecule has 0 radical (unpaired) electrons. The first kappa shape index (κ1) is 9.62. The van der Waals surface area contributed by atoms with Crippen LogP contribution in [0.5, 0.6) is 0 Å². The molecule has 7 heteroatoms. The molecule has 0 saturated carbocycles. The molecule has 0 aromatic carbocycles. The van der Waals surface area contributed by atoms with Crippen LogP contribution in [0.25, 0.3) is 0 Å². The zero-order valence-electron chi connectivity index (χ0n) is 7.02. The Morgan fingerprint density at radius 2 is 2.54 bits per heavy atom. The first-order valence-corrected chi connectivity index (χ1v) is 3.60. The van der Waals surface area contributed by atoms with Gasteiger partial charge in [-0.1, -0.05) is 5.10 Å². The van der Waals surface area contributed by atoms with Crippen LogP contribution in [0.4, 0.5) is 5.82 Å². The van der Waals surface area contributed by atoms with Crippen LogP contribution in [0.1, 0.15) is 12.6 Å². The lowest BCUT2D eigenvalue weighted by molar-refractivity contribution is -0.389. The Balaban J connectivity index is 2.98. The molecule has 13 heavy (non-hydrogen) atoms. The topological polar surface area (TPSA) is 118 Å². The molecule has 0 aliphatic carbocycles.